The van der Waals surface area contributed by atoms with Gasteiger partial charge in [-0.25, -0.2) is 4.98 Å². The van der Waals surface area contributed by atoms with E-state index in [1.54, 1.807) is 30.1 Å². The van der Waals surface area contributed by atoms with Gasteiger partial charge in [-0.15, -0.1) is 0 Å². The molecule has 0 unspecified atom stereocenters. The van der Waals surface area contributed by atoms with E-state index in [9.17, 15) is 9.59 Å². The highest BCUT2D eigenvalue weighted by atomic mass is 32.2. The van der Waals surface area contributed by atoms with Gasteiger partial charge in [0.25, 0.3) is 11.5 Å². The van der Waals surface area contributed by atoms with Crippen LogP contribution in [0.2, 0.25) is 0 Å². The highest BCUT2D eigenvalue weighted by Crippen LogP contribution is 2.22. The third-order valence-corrected chi connectivity index (χ3v) is 5.71. The van der Waals surface area contributed by atoms with Crippen LogP contribution in [0, 0.1) is 6.92 Å². The van der Waals surface area contributed by atoms with Crippen molar-refractivity contribution in [3.8, 4) is 11.5 Å². The molecule has 7 nitrogen and oxygen atoms in total. The summed E-state index contributed by atoms with van der Waals surface area (Å²) in [6, 6.07) is 14.2. The van der Waals surface area contributed by atoms with Crippen molar-refractivity contribution in [3.63, 3.8) is 0 Å². The Hall–Kier alpha value is -3.39. The van der Waals surface area contributed by atoms with Gasteiger partial charge in [0.2, 0.25) is 0 Å². The largest absolute Gasteiger partial charge is 0.351 e. The molecule has 0 radical (unpaired) electrons. The Balaban J connectivity index is 1.65. The number of thioether (sulfide) groups is 1. The first-order valence-electron chi connectivity index (χ1n) is 9.96. The van der Waals surface area contributed by atoms with Gasteiger partial charge in [0.1, 0.15) is 11.4 Å². The lowest BCUT2D eigenvalue weighted by Crippen LogP contribution is -2.31. The molecule has 0 saturated carbocycles. The number of benzene rings is 1. The summed E-state index contributed by atoms with van der Waals surface area (Å²) in [5, 5.41) is 4.07. The summed E-state index contributed by atoms with van der Waals surface area (Å²) in [6.07, 6.45) is 4.29. The standard InChI is InChI=1S/C23H23N5O2S/c1-14-6-5-8-16-15(14)12-20(25-16)23(30)27-17(9-11-31-2)19-13-21(29)28-22(26-19)18-7-3-4-10-24-18/h3-8,10,12-13,17,25H,9,11H2,1-2H3,(H,27,30)(H,26,28,29)/t17-/m1/s1. The van der Waals surface area contributed by atoms with E-state index in [4.69, 9.17) is 0 Å². The molecule has 31 heavy (non-hydrogen) atoms. The average Bonchev–Trinajstić information content (AvgIpc) is 3.23. The molecule has 0 spiro atoms. The summed E-state index contributed by atoms with van der Waals surface area (Å²) in [5.74, 6) is 0.959. The topological polar surface area (TPSA) is 104 Å². The average molecular weight is 434 g/mol. The van der Waals surface area contributed by atoms with Gasteiger partial charge in [0.05, 0.1) is 11.7 Å². The van der Waals surface area contributed by atoms with Crippen LogP contribution < -0.4 is 10.9 Å². The predicted octanol–water partition coefficient (Wildman–Crippen LogP) is 3.85. The van der Waals surface area contributed by atoms with Gasteiger partial charge in [-0.1, -0.05) is 18.2 Å². The van der Waals surface area contributed by atoms with Gasteiger partial charge in [0, 0.05) is 23.2 Å². The number of aryl methyl sites for hydroxylation is 1. The van der Waals surface area contributed by atoms with E-state index in [2.05, 4.69) is 25.3 Å². The smallest absolute Gasteiger partial charge is 0.268 e. The minimum absolute atomic E-state index is 0.233. The summed E-state index contributed by atoms with van der Waals surface area (Å²) in [7, 11) is 0. The van der Waals surface area contributed by atoms with Crippen molar-refractivity contribution in [1.29, 1.82) is 0 Å². The lowest BCUT2D eigenvalue weighted by atomic mass is 10.1. The molecule has 0 bridgehead atoms. The second-order valence-electron chi connectivity index (χ2n) is 7.26. The first-order chi connectivity index (χ1) is 15.0. The summed E-state index contributed by atoms with van der Waals surface area (Å²) < 4.78 is 0. The van der Waals surface area contributed by atoms with E-state index in [1.807, 2.05) is 43.5 Å². The number of hydrogen-bond acceptors (Lipinski definition) is 5. The van der Waals surface area contributed by atoms with E-state index in [1.165, 1.54) is 6.07 Å². The molecular formula is C23H23N5O2S. The van der Waals surface area contributed by atoms with Crippen LogP contribution in [-0.4, -0.2) is 37.9 Å². The molecule has 0 saturated heterocycles. The molecule has 0 fully saturated rings. The first kappa shape index (κ1) is 20.9. The van der Waals surface area contributed by atoms with Gasteiger partial charge < -0.3 is 15.3 Å². The Labute approximate surface area is 183 Å². The van der Waals surface area contributed by atoms with E-state index >= 15 is 0 Å². The molecule has 1 atom stereocenters. The Kier molecular flexibility index (Phi) is 6.18. The Morgan fingerprint density at radius 3 is 2.77 bits per heavy atom. The number of carbonyl (C=O) groups is 1. The molecule has 1 aromatic carbocycles. The summed E-state index contributed by atoms with van der Waals surface area (Å²) >= 11 is 1.67. The third kappa shape index (κ3) is 4.69. The van der Waals surface area contributed by atoms with Crippen LogP contribution in [-0.2, 0) is 0 Å². The number of nitrogens with zero attached hydrogens (tertiary/aromatic N) is 2. The molecule has 0 aliphatic rings. The highest BCUT2D eigenvalue weighted by Gasteiger charge is 2.20. The molecule has 3 aromatic heterocycles. The second-order valence-corrected chi connectivity index (χ2v) is 8.25. The van der Waals surface area contributed by atoms with Crippen LogP contribution in [0.15, 0.2) is 59.5 Å². The lowest BCUT2D eigenvalue weighted by molar-refractivity contribution is 0.0930. The zero-order valence-electron chi connectivity index (χ0n) is 17.3. The SMILES string of the molecule is CSCC[C@@H](NC(=O)c1cc2c(C)cccc2[nH]1)c1cc(=O)[nH]c(-c2ccccn2)n1. The van der Waals surface area contributed by atoms with E-state index in [-0.39, 0.29) is 11.5 Å². The number of aromatic nitrogens is 4. The van der Waals surface area contributed by atoms with Crippen LogP contribution in [0.5, 0.6) is 0 Å². The van der Waals surface area contributed by atoms with Crippen molar-refractivity contribution >= 4 is 28.6 Å². The zero-order chi connectivity index (χ0) is 21.8. The molecule has 3 heterocycles. The monoisotopic (exact) mass is 433 g/mol. The van der Waals surface area contributed by atoms with Crippen molar-refractivity contribution in [3.05, 3.63) is 82.0 Å². The number of fused-ring (bicyclic) bond motifs is 1. The second kappa shape index (κ2) is 9.18. The van der Waals surface area contributed by atoms with Crippen molar-refractivity contribution in [2.75, 3.05) is 12.0 Å². The summed E-state index contributed by atoms with van der Waals surface area (Å²) in [6.45, 7) is 2.01. The number of aromatic amines is 2. The number of rotatable bonds is 7. The summed E-state index contributed by atoms with van der Waals surface area (Å²) in [4.78, 5) is 40.1. The van der Waals surface area contributed by atoms with Crippen LogP contribution in [0.1, 0.15) is 34.2 Å². The number of amides is 1. The van der Waals surface area contributed by atoms with E-state index in [0.717, 1.165) is 22.2 Å². The molecule has 8 heteroatoms. The molecule has 0 aliphatic heterocycles. The minimum atomic E-state index is -0.405. The maximum absolute atomic E-state index is 13.0. The van der Waals surface area contributed by atoms with Crippen molar-refractivity contribution in [2.45, 2.75) is 19.4 Å². The van der Waals surface area contributed by atoms with E-state index < -0.39 is 6.04 Å². The molecule has 4 rings (SSSR count). The first-order valence-corrected chi connectivity index (χ1v) is 11.4. The molecule has 0 aliphatic carbocycles. The zero-order valence-corrected chi connectivity index (χ0v) is 18.1. The third-order valence-electron chi connectivity index (χ3n) is 5.07. The molecule has 158 valence electrons. The maximum Gasteiger partial charge on any atom is 0.268 e. The van der Waals surface area contributed by atoms with Crippen molar-refractivity contribution in [2.24, 2.45) is 0 Å². The quantitative estimate of drug-likeness (QED) is 0.411. The van der Waals surface area contributed by atoms with Gasteiger partial charge in [-0.3, -0.25) is 14.6 Å². The van der Waals surface area contributed by atoms with Gasteiger partial charge in [-0.05, 0) is 55.2 Å². The molecular weight excluding hydrogens is 410 g/mol. The predicted molar refractivity (Wildman–Crippen MR) is 124 cm³/mol. The fraction of sp³-hybridized carbons (Fsp3) is 0.217. The summed E-state index contributed by atoms with van der Waals surface area (Å²) in [5.41, 5.74) is 3.30. The Morgan fingerprint density at radius 1 is 1.16 bits per heavy atom. The lowest BCUT2D eigenvalue weighted by Gasteiger charge is -2.18. The molecule has 3 N–H and O–H groups in total. The normalized spacial score (nSPS) is 12.1. The van der Waals surface area contributed by atoms with Crippen molar-refractivity contribution in [1.82, 2.24) is 25.3 Å². The number of hydrogen-bond donors (Lipinski definition) is 3. The number of H-pyrrole nitrogens is 2. The number of nitrogens with one attached hydrogen (secondary N) is 3. The highest BCUT2D eigenvalue weighted by molar-refractivity contribution is 7.98. The van der Waals surface area contributed by atoms with Crippen LogP contribution in [0.4, 0.5) is 0 Å². The molecule has 4 aromatic rings. The van der Waals surface area contributed by atoms with Crippen LogP contribution in [0.3, 0.4) is 0 Å². The number of carbonyl (C=O) groups excluding carboxylic acids is 1. The fourth-order valence-corrected chi connectivity index (χ4v) is 3.95. The van der Waals surface area contributed by atoms with Crippen LogP contribution in [0.25, 0.3) is 22.4 Å². The number of pyridine rings is 1. The Bertz CT molecular complexity index is 1270. The van der Waals surface area contributed by atoms with Gasteiger partial charge >= 0.3 is 0 Å². The fourth-order valence-electron chi connectivity index (χ4n) is 3.47. The minimum Gasteiger partial charge on any atom is -0.351 e. The van der Waals surface area contributed by atoms with Crippen molar-refractivity contribution < 1.29 is 4.79 Å². The van der Waals surface area contributed by atoms with E-state index in [0.29, 0.717) is 29.3 Å². The Morgan fingerprint density at radius 2 is 2.03 bits per heavy atom. The van der Waals surface area contributed by atoms with Gasteiger partial charge in [0.15, 0.2) is 5.82 Å². The molecule has 1 amide bonds. The van der Waals surface area contributed by atoms with Gasteiger partial charge in [-0.2, -0.15) is 11.8 Å². The van der Waals surface area contributed by atoms with Crippen LogP contribution >= 0.6 is 11.8 Å². The maximum atomic E-state index is 13.0.